The molecule has 150 valence electrons. The highest BCUT2D eigenvalue weighted by molar-refractivity contribution is 5.97. The van der Waals surface area contributed by atoms with E-state index in [9.17, 15) is 14.9 Å². The van der Waals surface area contributed by atoms with Crippen LogP contribution in [0.15, 0.2) is 48.7 Å². The quantitative estimate of drug-likeness (QED) is 0.727. The second-order valence-electron chi connectivity index (χ2n) is 6.86. The molecule has 2 amide bonds. The normalized spacial score (nSPS) is 16.1. The van der Waals surface area contributed by atoms with Gasteiger partial charge in [-0.15, -0.1) is 0 Å². The van der Waals surface area contributed by atoms with Crippen molar-refractivity contribution in [2.45, 2.75) is 25.3 Å². The van der Waals surface area contributed by atoms with Gasteiger partial charge in [-0.25, -0.2) is 0 Å². The van der Waals surface area contributed by atoms with Crippen LogP contribution >= 0.6 is 0 Å². The Morgan fingerprint density at radius 3 is 2.86 bits per heavy atom. The summed E-state index contributed by atoms with van der Waals surface area (Å²) in [5.74, 6) is -0.355. The Kier molecular flexibility index (Phi) is 7.31. The molecule has 0 radical (unpaired) electrons. The molecular formula is C22H24N4O3. The Bertz CT molecular complexity index is 879. The molecule has 2 aromatic rings. The standard InChI is InChI=1S/C22H24N4O3/c23-15-17-6-1-2-9-20(17)22(28)26-12-13-29-16-19(26)14-21(27)25-11-5-8-18-7-3-4-10-24-18/h1-4,6-7,9-10,19H,5,8,11-14,16H2,(H,25,27)/t19-/m0/s1. The first kappa shape index (κ1) is 20.5. The van der Waals surface area contributed by atoms with Crippen LogP contribution in [-0.2, 0) is 16.0 Å². The van der Waals surface area contributed by atoms with E-state index in [1.54, 1.807) is 35.4 Å². The summed E-state index contributed by atoms with van der Waals surface area (Å²) in [6.45, 7) is 1.68. The Morgan fingerprint density at radius 1 is 1.24 bits per heavy atom. The molecule has 1 fully saturated rings. The van der Waals surface area contributed by atoms with Gasteiger partial charge in [-0.3, -0.25) is 14.6 Å². The predicted octanol–water partition coefficient (Wildman–Crippen LogP) is 1.93. The van der Waals surface area contributed by atoms with Gasteiger partial charge in [0.1, 0.15) is 0 Å². The van der Waals surface area contributed by atoms with Crippen molar-refractivity contribution in [1.82, 2.24) is 15.2 Å². The number of hydrogen-bond acceptors (Lipinski definition) is 5. The molecule has 0 spiro atoms. The molecule has 1 aromatic carbocycles. The molecule has 3 rings (SSSR count). The van der Waals surface area contributed by atoms with Crippen LogP contribution in [0.4, 0.5) is 0 Å². The molecule has 1 saturated heterocycles. The SMILES string of the molecule is N#Cc1ccccc1C(=O)N1CCOC[C@@H]1CC(=O)NCCCc1ccccn1. The van der Waals surface area contributed by atoms with E-state index < -0.39 is 0 Å². The molecule has 0 aliphatic carbocycles. The largest absolute Gasteiger partial charge is 0.377 e. The molecule has 0 saturated carbocycles. The molecule has 1 aliphatic heterocycles. The van der Waals surface area contributed by atoms with E-state index in [0.29, 0.717) is 37.4 Å². The van der Waals surface area contributed by atoms with Crippen LogP contribution in [0.5, 0.6) is 0 Å². The summed E-state index contributed by atoms with van der Waals surface area (Å²) >= 11 is 0. The third-order valence-corrected chi connectivity index (χ3v) is 4.85. The summed E-state index contributed by atoms with van der Waals surface area (Å²) in [7, 11) is 0. The lowest BCUT2D eigenvalue weighted by atomic mass is 10.0. The average molecular weight is 392 g/mol. The smallest absolute Gasteiger partial charge is 0.255 e. The summed E-state index contributed by atoms with van der Waals surface area (Å²) in [5.41, 5.74) is 1.69. The first-order valence-corrected chi connectivity index (χ1v) is 9.73. The Morgan fingerprint density at radius 2 is 2.07 bits per heavy atom. The average Bonchev–Trinajstić information content (AvgIpc) is 2.77. The molecule has 1 aliphatic rings. The van der Waals surface area contributed by atoms with Gasteiger partial charge in [0, 0.05) is 31.4 Å². The number of aryl methyl sites for hydroxylation is 1. The van der Waals surface area contributed by atoms with Crippen LogP contribution in [0.2, 0.25) is 0 Å². The van der Waals surface area contributed by atoms with Crippen molar-refractivity contribution in [3.63, 3.8) is 0 Å². The van der Waals surface area contributed by atoms with E-state index in [2.05, 4.69) is 16.4 Å². The number of benzene rings is 1. The van der Waals surface area contributed by atoms with Gasteiger partial charge in [-0.2, -0.15) is 5.26 Å². The predicted molar refractivity (Wildman–Crippen MR) is 107 cm³/mol. The van der Waals surface area contributed by atoms with E-state index in [1.165, 1.54) is 0 Å². The summed E-state index contributed by atoms with van der Waals surface area (Å²) in [6.07, 6.45) is 3.52. The van der Waals surface area contributed by atoms with Crippen LogP contribution in [0.25, 0.3) is 0 Å². The zero-order valence-electron chi connectivity index (χ0n) is 16.2. The number of carbonyl (C=O) groups excluding carboxylic acids is 2. The van der Waals surface area contributed by atoms with Gasteiger partial charge >= 0.3 is 0 Å². The number of pyridine rings is 1. The maximum absolute atomic E-state index is 13.0. The molecule has 0 bridgehead atoms. The number of aromatic nitrogens is 1. The van der Waals surface area contributed by atoms with Crippen molar-refractivity contribution in [3.8, 4) is 6.07 Å². The number of amides is 2. The summed E-state index contributed by atoms with van der Waals surface area (Å²) in [6, 6.07) is 14.2. The Labute approximate surface area is 170 Å². The molecule has 0 unspecified atom stereocenters. The van der Waals surface area contributed by atoms with E-state index in [1.807, 2.05) is 18.2 Å². The fourth-order valence-corrected chi connectivity index (χ4v) is 3.34. The molecule has 7 heteroatoms. The lowest BCUT2D eigenvalue weighted by Gasteiger charge is -2.35. The minimum atomic E-state index is -0.348. The summed E-state index contributed by atoms with van der Waals surface area (Å²) in [4.78, 5) is 31.3. The lowest BCUT2D eigenvalue weighted by Crippen LogP contribution is -2.50. The number of ether oxygens (including phenoxy) is 1. The van der Waals surface area contributed by atoms with Gasteiger partial charge < -0.3 is 15.0 Å². The number of nitrogens with one attached hydrogen (secondary N) is 1. The van der Waals surface area contributed by atoms with E-state index in [4.69, 9.17) is 4.74 Å². The highest BCUT2D eigenvalue weighted by Gasteiger charge is 2.30. The van der Waals surface area contributed by atoms with Gasteiger partial charge in [0.2, 0.25) is 5.91 Å². The van der Waals surface area contributed by atoms with Crippen molar-refractivity contribution < 1.29 is 14.3 Å². The molecule has 1 atom stereocenters. The summed E-state index contributed by atoms with van der Waals surface area (Å²) in [5, 5.41) is 12.2. The van der Waals surface area contributed by atoms with E-state index in [0.717, 1.165) is 18.5 Å². The third-order valence-electron chi connectivity index (χ3n) is 4.85. The van der Waals surface area contributed by atoms with Crippen LogP contribution in [0.3, 0.4) is 0 Å². The maximum Gasteiger partial charge on any atom is 0.255 e. The van der Waals surface area contributed by atoms with Crippen molar-refractivity contribution in [3.05, 3.63) is 65.5 Å². The second-order valence-corrected chi connectivity index (χ2v) is 6.86. The van der Waals surface area contributed by atoms with E-state index in [-0.39, 0.29) is 24.3 Å². The van der Waals surface area contributed by atoms with E-state index >= 15 is 0 Å². The minimum absolute atomic E-state index is 0.118. The number of hydrogen-bond donors (Lipinski definition) is 1. The fourth-order valence-electron chi connectivity index (χ4n) is 3.34. The zero-order valence-corrected chi connectivity index (χ0v) is 16.2. The second kappa shape index (κ2) is 10.3. The number of morpholine rings is 1. The van der Waals surface area contributed by atoms with Gasteiger partial charge in [0.25, 0.3) is 5.91 Å². The molecule has 7 nitrogen and oxygen atoms in total. The number of rotatable bonds is 7. The van der Waals surface area contributed by atoms with Crippen LogP contribution in [-0.4, -0.2) is 54.0 Å². The minimum Gasteiger partial charge on any atom is -0.377 e. The van der Waals surface area contributed by atoms with Crippen molar-refractivity contribution in [2.75, 3.05) is 26.3 Å². The first-order chi connectivity index (χ1) is 14.2. The van der Waals surface area contributed by atoms with Gasteiger partial charge in [-0.1, -0.05) is 18.2 Å². The Hall–Kier alpha value is -3.24. The van der Waals surface area contributed by atoms with Crippen molar-refractivity contribution in [1.29, 1.82) is 5.26 Å². The number of nitrogens with zero attached hydrogens (tertiary/aromatic N) is 3. The number of nitriles is 1. The molecule has 2 heterocycles. The first-order valence-electron chi connectivity index (χ1n) is 9.73. The monoisotopic (exact) mass is 392 g/mol. The molecule has 1 N–H and O–H groups in total. The fraction of sp³-hybridized carbons (Fsp3) is 0.364. The summed E-state index contributed by atoms with van der Waals surface area (Å²) < 4.78 is 5.49. The van der Waals surface area contributed by atoms with Crippen molar-refractivity contribution >= 4 is 11.8 Å². The molecule has 29 heavy (non-hydrogen) atoms. The van der Waals surface area contributed by atoms with Gasteiger partial charge in [0.15, 0.2) is 0 Å². The molecule has 1 aromatic heterocycles. The zero-order chi connectivity index (χ0) is 20.5. The maximum atomic E-state index is 13.0. The highest BCUT2D eigenvalue weighted by Crippen LogP contribution is 2.17. The lowest BCUT2D eigenvalue weighted by molar-refractivity contribution is -0.123. The number of carbonyl (C=O) groups is 2. The molecular weight excluding hydrogens is 368 g/mol. The third kappa shape index (κ3) is 5.62. The Balaban J connectivity index is 1.53. The van der Waals surface area contributed by atoms with Crippen LogP contribution in [0.1, 0.15) is 34.5 Å². The van der Waals surface area contributed by atoms with Crippen LogP contribution < -0.4 is 5.32 Å². The van der Waals surface area contributed by atoms with Gasteiger partial charge in [0.05, 0.1) is 36.5 Å². The van der Waals surface area contributed by atoms with Crippen LogP contribution in [0, 0.1) is 11.3 Å². The topological polar surface area (TPSA) is 95.3 Å². The van der Waals surface area contributed by atoms with Gasteiger partial charge in [-0.05, 0) is 37.1 Å². The highest BCUT2D eigenvalue weighted by atomic mass is 16.5. The van der Waals surface area contributed by atoms with Crippen molar-refractivity contribution in [2.24, 2.45) is 0 Å².